The van der Waals surface area contributed by atoms with Crippen LogP contribution in [0, 0.1) is 56.2 Å². The van der Waals surface area contributed by atoms with Gasteiger partial charge in [0.1, 0.15) is 0 Å². The van der Waals surface area contributed by atoms with E-state index in [-0.39, 0.29) is 6.04 Å². The highest BCUT2D eigenvalue weighted by Gasteiger charge is 2.60. The van der Waals surface area contributed by atoms with Crippen molar-refractivity contribution in [3.63, 3.8) is 0 Å². The van der Waals surface area contributed by atoms with Crippen molar-refractivity contribution in [3.8, 4) is 0 Å². The Morgan fingerprint density at radius 2 is 1.63 bits per heavy atom. The van der Waals surface area contributed by atoms with Gasteiger partial charge in [0.2, 0.25) is 0 Å². The fourth-order valence-electron chi connectivity index (χ4n) is 9.13. The van der Waals surface area contributed by atoms with Crippen LogP contribution in [0.25, 0.3) is 0 Å². The Hall–Kier alpha value is -0.800. The van der Waals surface area contributed by atoms with E-state index in [1.165, 1.54) is 44.9 Å². The van der Waals surface area contributed by atoms with E-state index >= 15 is 0 Å². The van der Waals surface area contributed by atoms with E-state index in [1.54, 1.807) is 0 Å². The molecular weight excluding hydrogens is 372 g/mol. The molecule has 0 N–H and O–H groups in total. The van der Waals surface area contributed by atoms with Crippen molar-refractivity contribution in [1.82, 2.24) is 0 Å². The van der Waals surface area contributed by atoms with Crippen LogP contribution in [0.5, 0.6) is 0 Å². The lowest BCUT2D eigenvalue weighted by molar-refractivity contribution is -0.116. The summed E-state index contributed by atoms with van der Waals surface area (Å²) in [6, 6.07) is 0.0790. The lowest BCUT2D eigenvalue weighted by atomic mass is 9.44. The predicted molar refractivity (Wildman–Crippen MR) is 123 cm³/mol. The maximum atomic E-state index is 11.2. The summed E-state index contributed by atoms with van der Waals surface area (Å²) < 4.78 is 0. The summed E-state index contributed by atoms with van der Waals surface area (Å²) in [5.74, 6) is 4.81. The molecule has 30 heavy (non-hydrogen) atoms. The van der Waals surface area contributed by atoms with Gasteiger partial charge < -0.3 is 0 Å². The van der Waals surface area contributed by atoms with Gasteiger partial charge in [0.25, 0.3) is 0 Å². The topological polar surface area (TPSA) is 58.9 Å². The Morgan fingerprint density at radius 3 is 2.33 bits per heavy atom. The Bertz CT molecular complexity index is 663. The Labute approximate surface area is 183 Å². The van der Waals surface area contributed by atoms with Crippen LogP contribution in [0.15, 0.2) is 10.4 Å². The Balaban J connectivity index is 1.47. The van der Waals surface area contributed by atoms with E-state index in [0.717, 1.165) is 49.4 Å². The van der Waals surface area contributed by atoms with Gasteiger partial charge in [-0.15, -0.1) is 0 Å². The van der Waals surface area contributed by atoms with Crippen molar-refractivity contribution < 1.29 is 0 Å². The van der Waals surface area contributed by atoms with Gasteiger partial charge >= 0.3 is 0 Å². The van der Waals surface area contributed by atoms with Crippen molar-refractivity contribution in [2.45, 2.75) is 117 Å². The van der Waals surface area contributed by atoms with E-state index in [0.29, 0.717) is 22.7 Å². The molecule has 0 radical (unpaired) electrons. The molecule has 4 fully saturated rings. The van der Waals surface area contributed by atoms with Gasteiger partial charge in [0.15, 0.2) is 0 Å². The first-order chi connectivity index (χ1) is 14.1. The third-order valence-electron chi connectivity index (χ3n) is 11.0. The van der Waals surface area contributed by atoms with Crippen molar-refractivity contribution in [2.75, 3.05) is 0 Å². The second kappa shape index (κ2) is 7.96. The zero-order chi connectivity index (χ0) is 21.7. The maximum absolute atomic E-state index is 11.2. The summed E-state index contributed by atoms with van der Waals surface area (Å²) in [5, 5.41) is 6.78. The van der Waals surface area contributed by atoms with E-state index in [9.17, 15) is 9.81 Å². The van der Waals surface area contributed by atoms with Crippen molar-refractivity contribution in [3.05, 3.63) is 9.81 Å². The van der Waals surface area contributed by atoms with Crippen molar-refractivity contribution >= 4 is 0 Å². The molecule has 0 spiro atoms. The molecule has 4 nitrogen and oxygen atoms in total. The fourth-order valence-corrected chi connectivity index (χ4v) is 9.13. The van der Waals surface area contributed by atoms with E-state index < -0.39 is 5.54 Å². The van der Waals surface area contributed by atoms with Gasteiger partial charge in [0, 0.05) is 0 Å². The molecule has 4 aliphatic rings. The summed E-state index contributed by atoms with van der Waals surface area (Å²) in [6.45, 7) is 11.6. The first kappa shape index (κ1) is 22.4. The minimum atomic E-state index is -0.424. The first-order valence-corrected chi connectivity index (χ1v) is 12.8. The minimum Gasteiger partial charge on any atom is -0.151 e. The van der Waals surface area contributed by atoms with Crippen LogP contribution in [0.2, 0.25) is 0 Å². The summed E-state index contributed by atoms with van der Waals surface area (Å²) in [6.07, 6.45) is 13.5. The average Bonchev–Trinajstić information content (AvgIpc) is 3.08. The number of fused-ring (bicyclic) bond motifs is 5. The van der Waals surface area contributed by atoms with E-state index in [2.05, 4.69) is 31.1 Å². The third-order valence-corrected chi connectivity index (χ3v) is 11.0. The van der Waals surface area contributed by atoms with Crippen LogP contribution in [0.1, 0.15) is 105 Å². The summed E-state index contributed by atoms with van der Waals surface area (Å²) in [5.41, 5.74) is 0.492. The lowest BCUT2D eigenvalue weighted by Gasteiger charge is -2.61. The molecule has 0 bridgehead atoms. The number of rotatable bonds is 6. The predicted octanol–water partition coefficient (Wildman–Crippen LogP) is 7.74. The largest absolute Gasteiger partial charge is 0.151 e. The molecule has 9 atom stereocenters. The molecule has 0 heterocycles. The molecule has 0 aromatic heterocycles. The van der Waals surface area contributed by atoms with Crippen LogP contribution < -0.4 is 0 Å². The highest BCUT2D eigenvalue weighted by Crippen LogP contribution is 2.68. The Morgan fingerprint density at radius 1 is 0.933 bits per heavy atom. The average molecular weight is 417 g/mol. The van der Waals surface area contributed by atoms with Crippen molar-refractivity contribution in [1.29, 1.82) is 0 Å². The fraction of sp³-hybridized carbons (Fsp3) is 1.00. The molecule has 4 aliphatic carbocycles. The molecule has 4 saturated carbocycles. The first-order valence-electron chi connectivity index (χ1n) is 12.8. The standard InChI is InChI=1S/C26H44N2O2/c1-17(10-13-24(2,3)28-30)21-8-9-22-20-7-6-18-16-19(27-29)11-14-25(18,4)23(20)12-15-26(21,22)5/h17-23H,6-16H2,1-5H3/t17-,18?,19?,20?,21?,22?,23?,25?,26?/m1/s1. The van der Waals surface area contributed by atoms with Crippen LogP contribution in [0.3, 0.4) is 0 Å². The van der Waals surface area contributed by atoms with Gasteiger partial charge in [0.05, 0.1) is 11.6 Å². The number of nitroso groups, excluding NO2 is 2. The number of hydrogen-bond acceptors (Lipinski definition) is 4. The molecule has 0 aromatic carbocycles. The highest BCUT2D eigenvalue weighted by atomic mass is 16.3. The molecular formula is C26H44N2O2. The molecule has 0 aromatic rings. The zero-order valence-corrected chi connectivity index (χ0v) is 20.0. The maximum Gasteiger partial charge on any atom is 0.0970 e. The molecule has 4 heteroatoms. The quantitative estimate of drug-likeness (QED) is 0.416. The number of hydrogen-bond donors (Lipinski definition) is 0. The molecule has 4 rings (SSSR count). The van der Waals surface area contributed by atoms with Crippen LogP contribution in [0.4, 0.5) is 0 Å². The second-order valence-corrected chi connectivity index (χ2v) is 12.8. The van der Waals surface area contributed by atoms with Crippen LogP contribution >= 0.6 is 0 Å². The number of nitrogens with zero attached hydrogens (tertiary/aromatic N) is 2. The molecule has 170 valence electrons. The zero-order valence-electron chi connectivity index (χ0n) is 20.0. The molecule has 0 amide bonds. The summed E-state index contributed by atoms with van der Waals surface area (Å²) >= 11 is 0. The van der Waals surface area contributed by atoms with E-state index in [1.807, 2.05) is 13.8 Å². The Kier molecular flexibility index (Phi) is 5.94. The monoisotopic (exact) mass is 416 g/mol. The molecule has 8 unspecified atom stereocenters. The van der Waals surface area contributed by atoms with Gasteiger partial charge in [-0.05, 0) is 131 Å². The summed E-state index contributed by atoms with van der Waals surface area (Å²) in [7, 11) is 0. The van der Waals surface area contributed by atoms with Gasteiger partial charge in [-0.2, -0.15) is 9.81 Å². The van der Waals surface area contributed by atoms with Gasteiger partial charge in [-0.1, -0.05) is 31.1 Å². The lowest BCUT2D eigenvalue weighted by Crippen LogP contribution is -2.54. The van der Waals surface area contributed by atoms with Crippen molar-refractivity contribution in [2.24, 2.45) is 56.7 Å². The summed E-state index contributed by atoms with van der Waals surface area (Å²) in [4.78, 5) is 22.3. The molecule has 0 aliphatic heterocycles. The van der Waals surface area contributed by atoms with E-state index in [4.69, 9.17) is 0 Å². The second-order valence-electron chi connectivity index (χ2n) is 12.8. The third kappa shape index (κ3) is 3.58. The molecule has 0 saturated heterocycles. The van der Waals surface area contributed by atoms with Gasteiger partial charge in [-0.3, -0.25) is 0 Å². The highest BCUT2D eigenvalue weighted by molar-refractivity contribution is 5.10. The van der Waals surface area contributed by atoms with Gasteiger partial charge in [-0.25, -0.2) is 0 Å². The minimum absolute atomic E-state index is 0.0790. The SMILES string of the molecule is C[C@H](CCC(C)(C)N=O)C1CCC2C3CCC4CC(N=O)CCC4(C)C3CCC21C. The van der Waals surface area contributed by atoms with Crippen LogP contribution in [-0.2, 0) is 0 Å². The smallest absolute Gasteiger partial charge is 0.0970 e. The normalized spacial score (nSPS) is 47.0. The van der Waals surface area contributed by atoms with Crippen LogP contribution in [-0.4, -0.2) is 11.6 Å².